The van der Waals surface area contributed by atoms with Crippen LogP contribution < -0.4 is 5.73 Å². The molecule has 2 aliphatic rings. The zero-order valence-corrected chi connectivity index (χ0v) is 12.8. The van der Waals surface area contributed by atoms with Crippen LogP contribution in [0.3, 0.4) is 0 Å². The van der Waals surface area contributed by atoms with E-state index in [0.29, 0.717) is 24.3 Å². The van der Waals surface area contributed by atoms with E-state index >= 15 is 0 Å². The van der Waals surface area contributed by atoms with Gasteiger partial charge < -0.3 is 15.2 Å². The molecule has 2 N–H and O–H groups in total. The third-order valence-electron chi connectivity index (χ3n) is 4.90. The highest BCUT2D eigenvalue weighted by atomic mass is 16.5. The van der Waals surface area contributed by atoms with E-state index < -0.39 is 5.54 Å². The first-order valence-corrected chi connectivity index (χ1v) is 7.20. The molecule has 1 unspecified atom stereocenters. The summed E-state index contributed by atoms with van der Waals surface area (Å²) in [6, 6.07) is 0. The van der Waals surface area contributed by atoms with E-state index in [0.717, 1.165) is 12.8 Å². The Bertz CT molecular complexity index is 510. The van der Waals surface area contributed by atoms with E-state index in [2.05, 4.69) is 6.92 Å². The Morgan fingerprint density at radius 1 is 1.33 bits per heavy atom. The number of nitrogens with two attached hydrogens (primary N) is 1. The molecule has 5 nitrogen and oxygen atoms in total. The average molecular weight is 293 g/mol. The summed E-state index contributed by atoms with van der Waals surface area (Å²) in [5.41, 5.74) is 5.80. The second-order valence-corrected chi connectivity index (χ2v) is 6.28. The first-order chi connectivity index (χ1) is 9.84. The summed E-state index contributed by atoms with van der Waals surface area (Å²) < 4.78 is 9.54. The van der Waals surface area contributed by atoms with Crippen molar-refractivity contribution < 1.29 is 19.1 Å². The standard InChI is InChI=1S/C16H23NO4/c1-15(7-4-11(5-8-15)13(18)20-2)12-6-9-16(17,10-12)14(19)21-3/h4-5,7,12H,6,8-10,17H2,1-3H3/t12-,15?,16-/m1/s1. The minimum absolute atomic E-state index is 0.0906. The zero-order chi connectivity index (χ0) is 15.7. The number of methoxy groups -OCH3 is 2. The molecule has 1 saturated carbocycles. The number of carbonyl (C=O) groups is 2. The molecule has 2 rings (SSSR count). The van der Waals surface area contributed by atoms with Gasteiger partial charge in [0.1, 0.15) is 5.54 Å². The van der Waals surface area contributed by atoms with Gasteiger partial charge in [-0.05, 0) is 37.0 Å². The van der Waals surface area contributed by atoms with Crippen molar-refractivity contribution in [3.63, 3.8) is 0 Å². The van der Waals surface area contributed by atoms with Gasteiger partial charge in [-0.15, -0.1) is 0 Å². The van der Waals surface area contributed by atoms with Crippen LogP contribution in [0.15, 0.2) is 23.8 Å². The summed E-state index contributed by atoms with van der Waals surface area (Å²) in [7, 11) is 2.75. The van der Waals surface area contributed by atoms with Crippen LogP contribution in [-0.4, -0.2) is 31.7 Å². The van der Waals surface area contributed by atoms with E-state index in [1.165, 1.54) is 14.2 Å². The molecule has 0 saturated heterocycles. The van der Waals surface area contributed by atoms with E-state index in [4.69, 9.17) is 15.2 Å². The summed E-state index contributed by atoms with van der Waals surface area (Å²) in [6.45, 7) is 2.14. The lowest BCUT2D eigenvalue weighted by molar-refractivity contribution is -0.147. The molecule has 0 spiro atoms. The molecule has 5 heteroatoms. The van der Waals surface area contributed by atoms with Crippen LogP contribution in [-0.2, 0) is 19.1 Å². The van der Waals surface area contributed by atoms with Crippen LogP contribution in [0.1, 0.15) is 32.6 Å². The van der Waals surface area contributed by atoms with E-state index in [-0.39, 0.29) is 17.4 Å². The molecule has 0 bridgehead atoms. The molecule has 1 fully saturated rings. The normalized spacial score (nSPS) is 35.2. The molecule has 21 heavy (non-hydrogen) atoms. The van der Waals surface area contributed by atoms with Gasteiger partial charge in [-0.25, -0.2) is 4.79 Å². The number of hydrogen-bond donors (Lipinski definition) is 1. The molecule has 0 aromatic rings. The Morgan fingerprint density at radius 2 is 2.05 bits per heavy atom. The van der Waals surface area contributed by atoms with Crippen LogP contribution in [0.4, 0.5) is 0 Å². The van der Waals surface area contributed by atoms with Crippen molar-refractivity contribution in [2.45, 2.75) is 38.1 Å². The van der Waals surface area contributed by atoms with Crippen molar-refractivity contribution in [3.8, 4) is 0 Å². The summed E-state index contributed by atoms with van der Waals surface area (Å²) in [4.78, 5) is 23.3. The molecule has 116 valence electrons. The smallest absolute Gasteiger partial charge is 0.337 e. The van der Waals surface area contributed by atoms with Gasteiger partial charge in [0.25, 0.3) is 0 Å². The van der Waals surface area contributed by atoms with Gasteiger partial charge >= 0.3 is 11.9 Å². The lowest BCUT2D eigenvalue weighted by atomic mass is 9.70. The van der Waals surface area contributed by atoms with Gasteiger partial charge in [-0.1, -0.05) is 25.2 Å². The Hall–Kier alpha value is -1.62. The summed E-state index contributed by atoms with van der Waals surface area (Å²) in [6.07, 6.45) is 8.64. The fourth-order valence-electron chi connectivity index (χ4n) is 3.35. The lowest BCUT2D eigenvalue weighted by Gasteiger charge is -2.35. The number of esters is 2. The number of rotatable bonds is 3. The number of ether oxygens (including phenoxy) is 2. The molecule has 3 atom stereocenters. The maximum Gasteiger partial charge on any atom is 0.337 e. The Kier molecular flexibility index (Phi) is 4.23. The molecule has 0 aliphatic heterocycles. The molecule has 0 heterocycles. The predicted molar refractivity (Wildman–Crippen MR) is 78.2 cm³/mol. The van der Waals surface area contributed by atoms with Gasteiger partial charge in [0, 0.05) is 0 Å². The van der Waals surface area contributed by atoms with E-state index in [1.54, 1.807) is 0 Å². The van der Waals surface area contributed by atoms with Crippen LogP contribution >= 0.6 is 0 Å². The van der Waals surface area contributed by atoms with Crippen LogP contribution in [0, 0.1) is 11.3 Å². The molecule has 2 aliphatic carbocycles. The largest absolute Gasteiger partial charge is 0.468 e. The summed E-state index contributed by atoms with van der Waals surface area (Å²) >= 11 is 0. The lowest BCUT2D eigenvalue weighted by Crippen LogP contribution is -2.47. The van der Waals surface area contributed by atoms with Crippen molar-refractivity contribution in [2.24, 2.45) is 17.1 Å². The van der Waals surface area contributed by atoms with E-state index in [1.807, 2.05) is 18.2 Å². The molecule has 0 aromatic carbocycles. The Balaban J connectivity index is 2.08. The predicted octanol–water partition coefficient (Wildman–Crippen LogP) is 1.72. The van der Waals surface area contributed by atoms with Crippen molar-refractivity contribution in [2.75, 3.05) is 14.2 Å². The summed E-state index contributed by atoms with van der Waals surface area (Å²) in [5, 5.41) is 0. The highest BCUT2D eigenvalue weighted by molar-refractivity contribution is 5.91. The third kappa shape index (κ3) is 2.88. The molecular formula is C16H23NO4. The number of carbonyl (C=O) groups excluding carboxylic acids is 2. The van der Waals surface area contributed by atoms with Gasteiger partial charge in [0.2, 0.25) is 0 Å². The topological polar surface area (TPSA) is 78.6 Å². The maximum absolute atomic E-state index is 11.8. The SMILES string of the molecule is COC(=O)C1=CCC(C)([C@@H]2CC[C@](N)(C(=O)OC)C2)C=C1. The number of hydrogen-bond acceptors (Lipinski definition) is 5. The van der Waals surface area contributed by atoms with Gasteiger partial charge in [0.05, 0.1) is 19.8 Å². The minimum atomic E-state index is -0.872. The average Bonchev–Trinajstić information content (AvgIpc) is 2.91. The maximum atomic E-state index is 11.8. The monoisotopic (exact) mass is 293 g/mol. The summed E-state index contributed by atoms with van der Waals surface area (Å²) in [5.74, 6) is -0.352. The minimum Gasteiger partial charge on any atom is -0.468 e. The Labute approximate surface area is 125 Å². The van der Waals surface area contributed by atoms with Crippen LogP contribution in [0.2, 0.25) is 0 Å². The van der Waals surface area contributed by atoms with Crippen molar-refractivity contribution in [1.82, 2.24) is 0 Å². The van der Waals surface area contributed by atoms with Crippen molar-refractivity contribution >= 4 is 11.9 Å². The molecular weight excluding hydrogens is 270 g/mol. The zero-order valence-electron chi connectivity index (χ0n) is 12.8. The number of allylic oxidation sites excluding steroid dienone is 2. The fraction of sp³-hybridized carbons (Fsp3) is 0.625. The quantitative estimate of drug-likeness (QED) is 0.802. The van der Waals surface area contributed by atoms with Gasteiger partial charge in [0.15, 0.2) is 0 Å². The highest BCUT2D eigenvalue weighted by Gasteiger charge is 2.48. The Morgan fingerprint density at radius 3 is 2.57 bits per heavy atom. The second-order valence-electron chi connectivity index (χ2n) is 6.28. The van der Waals surface area contributed by atoms with E-state index in [9.17, 15) is 9.59 Å². The molecule has 0 amide bonds. The van der Waals surface area contributed by atoms with Crippen molar-refractivity contribution in [1.29, 1.82) is 0 Å². The first kappa shape index (κ1) is 15.8. The first-order valence-electron chi connectivity index (χ1n) is 7.20. The van der Waals surface area contributed by atoms with Crippen LogP contribution in [0.5, 0.6) is 0 Å². The van der Waals surface area contributed by atoms with Crippen molar-refractivity contribution in [3.05, 3.63) is 23.8 Å². The van der Waals surface area contributed by atoms with Gasteiger partial charge in [-0.2, -0.15) is 0 Å². The van der Waals surface area contributed by atoms with Crippen LogP contribution in [0.25, 0.3) is 0 Å². The second kappa shape index (κ2) is 5.64. The molecule has 0 aromatic heterocycles. The molecule has 0 radical (unpaired) electrons. The third-order valence-corrected chi connectivity index (χ3v) is 4.90. The fourth-order valence-corrected chi connectivity index (χ4v) is 3.35. The van der Waals surface area contributed by atoms with Gasteiger partial charge in [-0.3, -0.25) is 4.79 Å². The highest BCUT2D eigenvalue weighted by Crippen LogP contribution is 2.48.